The molecule has 0 saturated heterocycles. The van der Waals surface area contributed by atoms with E-state index in [2.05, 4.69) is 0 Å². The van der Waals surface area contributed by atoms with Crippen molar-refractivity contribution in [2.45, 2.75) is 7.43 Å². The molecule has 0 saturated carbocycles. The zero-order chi connectivity index (χ0) is 0. The molecule has 40 valence electrons. The van der Waals surface area contributed by atoms with E-state index in [1.165, 1.54) is 0 Å². The molecule has 0 amide bonds. The van der Waals surface area contributed by atoms with E-state index in [-0.39, 0.29) is 43.2 Å². The van der Waals surface area contributed by atoms with Gasteiger partial charge in [-0.3, -0.25) is 0 Å². The lowest BCUT2D eigenvalue weighted by Gasteiger charge is -0.413. The number of hydrogen-bond donors (Lipinski definition) is 0. The predicted molar refractivity (Wildman–Crippen MR) is 28.5 cm³/mol. The van der Waals surface area contributed by atoms with Crippen LogP contribution in [0.25, 0.3) is 0 Å². The van der Waals surface area contributed by atoms with Crippen LogP contribution in [0.4, 0.5) is 0 Å². The highest BCUT2D eigenvalue weighted by molar-refractivity contribution is 5.85. The minimum atomic E-state index is 0. The second-order valence-electron chi connectivity index (χ2n) is 0. The third-order valence-electron chi connectivity index (χ3n) is 0. The molecule has 0 heterocycles. The molecule has 0 unspecified atom stereocenters. The third kappa shape index (κ3) is 113. The van der Waals surface area contributed by atoms with Crippen LogP contribution in [0, 0.1) is 0 Å². The summed E-state index contributed by atoms with van der Waals surface area (Å²) in [5, 5.41) is 0. The van der Waals surface area contributed by atoms with Crippen LogP contribution >= 0.6 is 24.8 Å². The Hall–Kier alpha value is 0.500. The molecule has 0 aliphatic rings. The molecule has 0 spiro atoms. The van der Waals surface area contributed by atoms with Gasteiger partial charge in [-0.05, 0) is 0 Å². The second-order valence-corrected chi connectivity index (χ2v) is 0. The van der Waals surface area contributed by atoms with E-state index < -0.39 is 0 Å². The Morgan fingerprint density at radius 3 is 0.600 bits per heavy atom. The van der Waals surface area contributed by atoms with E-state index in [9.17, 15) is 0 Å². The average molecular weight is 125 g/mol. The molecule has 0 radical (unpaired) electrons. The van der Waals surface area contributed by atoms with Gasteiger partial charge in [0.05, 0.1) is 0 Å². The Morgan fingerprint density at radius 2 is 0.600 bits per heavy atom. The fraction of sp³-hybridized carbons (Fsp3) is 1.00. The SMILES string of the molecule is C.Cl.Cl.O.O. The Kier molecular flexibility index (Phi) is 19600. The number of rotatable bonds is 0. The fourth-order valence-electron chi connectivity index (χ4n) is 0. The molecule has 0 atom stereocenters. The highest BCUT2D eigenvalue weighted by atomic mass is 35.5. The first kappa shape index (κ1) is 446. The van der Waals surface area contributed by atoms with Crippen molar-refractivity contribution >= 4 is 24.8 Å². The Labute approximate surface area is 44.0 Å². The predicted octanol–water partition coefficient (Wildman–Crippen LogP) is -0.170. The van der Waals surface area contributed by atoms with Crippen LogP contribution in [0.2, 0.25) is 0 Å². The first-order valence-corrected chi connectivity index (χ1v) is 0. The van der Waals surface area contributed by atoms with Crippen molar-refractivity contribution in [3.05, 3.63) is 0 Å². The zero-order valence-electron chi connectivity index (χ0n) is 1.82. The summed E-state index contributed by atoms with van der Waals surface area (Å²) in [5.41, 5.74) is 0. The summed E-state index contributed by atoms with van der Waals surface area (Å²) in [4.78, 5) is 0. The average Bonchev–Trinajstić information content (AvgIpc) is 0. The number of hydrogen-bond acceptors (Lipinski definition) is 0. The van der Waals surface area contributed by atoms with Gasteiger partial charge in [-0.25, -0.2) is 0 Å². The van der Waals surface area contributed by atoms with E-state index >= 15 is 0 Å². The molecule has 0 aromatic heterocycles. The summed E-state index contributed by atoms with van der Waals surface area (Å²) >= 11 is 0. The first-order chi connectivity index (χ1) is 0. The minimum Gasteiger partial charge on any atom is -0.412 e. The van der Waals surface area contributed by atoms with Gasteiger partial charge in [0.1, 0.15) is 0 Å². The summed E-state index contributed by atoms with van der Waals surface area (Å²) in [6, 6.07) is 0. The van der Waals surface area contributed by atoms with Crippen molar-refractivity contribution < 1.29 is 11.0 Å². The third-order valence-corrected chi connectivity index (χ3v) is 0. The smallest absolute Gasteiger partial charge is 0.0776 e. The standard InChI is InChI=1S/CH4.2ClH.2H2O/h1H4;2*1H;2*1H2. The van der Waals surface area contributed by atoms with Crippen molar-refractivity contribution in [1.29, 1.82) is 0 Å². The van der Waals surface area contributed by atoms with Gasteiger partial charge in [-0.15, -0.1) is 24.8 Å². The van der Waals surface area contributed by atoms with Crippen LogP contribution in [0.3, 0.4) is 0 Å². The van der Waals surface area contributed by atoms with E-state index in [1.54, 1.807) is 0 Å². The zero-order valence-corrected chi connectivity index (χ0v) is 3.45. The second kappa shape index (κ2) is 221. The Bertz CT molecular complexity index is 7.61. The van der Waals surface area contributed by atoms with Gasteiger partial charge in [0.2, 0.25) is 0 Å². The number of halogens is 2. The quantitative estimate of drug-likeness (QED) is 0.431. The van der Waals surface area contributed by atoms with Crippen LogP contribution in [0.5, 0.6) is 0 Å². The molecule has 0 aliphatic heterocycles. The van der Waals surface area contributed by atoms with Crippen LogP contribution in [-0.4, -0.2) is 11.0 Å². The molecule has 0 aliphatic carbocycles. The summed E-state index contributed by atoms with van der Waals surface area (Å²) in [6.07, 6.45) is 0. The maximum absolute atomic E-state index is 0. The van der Waals surface area contributed by atoms with Gasteiger partial charge in [-0.1, -0.05) is 7.43 Å². The fourth-order valence-corrected chi connectivity index (χ4v) is 0. The molecular weight excluding hydrogens is 115 g/mol. The van der Waals surface area contributed by atoms with Crippen molar-refractivity contribution in [1.82, 2.24) is 0 Å². The van der Waals surface area contributed by atoms with Gasteiger partial charge in [0.15, 0.2) is 0 Å². The van der Waals surface area contributed by atoms with Crippen molar-refractivity contribution in [2.24, 2.45) is 0 Å². The van der Waals surface area contributed by atoms with Crippen LogP contribution in [-0.2, 0) is 0 Å². The summed E-state index contributed by atoms with van der Waals surface area (Å²) in [7, 11) is 0. The normalized spacial score (nSPS) is 0. The van der Waals surface area contributed by atoms with E-state index in [0.717, 1.165) is 0 Å². The minimum absolute atomic E-state index is 0. The van der Waals surface area contributed by atoms with Crippen LogP contribution in [0.1, 0.15) is 7.43 Å². The molecule has 2 nitrogen and oxygen atoms in total. The van der Waals surface area contributed by atoms with Crippen molar-refractivity contribution in [3.63, 3.8) is 0 Å². The monoisotopic (exact) mass is 124 g/mol. The van der Waals surface area contributed by atoms with E-state index in [4.69, 9.17) is 0 Å². The first-order valence-electron chi connectivity index (χ1n) is 0. The molecule has 0 rings (SSSR count). The lowest BCUT2D eigenvalue weighted by atomic mass is 12.0. The summed E-state index contributed by atoms with van der Waals surface area (Å²) in [6.45, 7) is 0. The molecule has 0 bridgehead atoms. The molecule has 0 fully saturated rings. The van der Waals surface area contributed by atoms with Crippen LogP contribution < -0.4 is 0 Å². The lowest BCUT2D eigenvalue weighted by molar-refractivity contribution is 0.823. The molecule has 4 N–H and O–H groups in total. The summed E-state index contributed by atoms with van der Waals surface area (Å²) < 4.78 is 0. The highest BCUT2D eigenvalue weighted by Crippen LogP contribution is 0.691. The highest BCUT2D eigenvalue weighted by Gasteiger charge is -0.0775. The molecule has 5 heavy (non-hydrogen) atoms. The van der Waals surface area contributed by atoms with Gasteiger partial charge in [0, 0.05) is 0 Å². The van der Waals surface area contributed by atoms with Gasteiger partial charge >= 0.3 is 0 Å². The van der Waals surface area contributed by atoms with Gasteiger partial charge in [-0.2, -0.15) is 0 Å². The van der Waals surface area contributed by atoms with E-state index in [1.807, 2.05) is 0 Å². The van der Waals surface area contributed by atoms with Gasteiger partial charge < -0.3 is 11.0 Å². The van der Waals surface area contributed by atoms with Crippen molar-refractivity contribution in [2.75, 3.05) is 0 Å². The Morgan fingerprint density at radius 1 is 0.600 bits per heavy atom. The molecular formula is CH10Cl2O2. The van der Waals surface area contributed by atoms with Crippen LogP contribution in [0.15, 0.2) is 0 Å². The largest absolute Gasteiger partial charge is 0.412 e. The molecule has 0 aromatic rings. The molecule has 4 heteroatoms. The lowest BCUT2D eigenvalue weighted by Crippen LogP contribution is -0.290. The van der Waals surface area contributed by atoms with Gasteiger partial charge in [0.25, 0.3) is 0 Å². The Balaban J connectivity index is 0. The van der Waals surface area contributed by atoms with Crippen molar-refractivity contribution in [3.8, 4) is 0 Å². The maximum Gasteiger partial charge on any atom is -0.0776 e. The maximum atomic E-state index is 0. The molecule has 0 aromatic carbocycles. The topological polar surface area (TPSA) is 63.0 Å². The summed E-state index contributed by atoms with van der Waals surface area (Å²) in [5.74, 6) is 0. The van der Waals surface area contributed by atoms with E-state index in [0.29, 0.717) is 0 Å².